The minimum atomic E-state index is -0.164. The Labute approximate surface area is 130 Å². The van der Waals surface area contributed by atoms with Gasteiger partial charge in [0.1, 0.15) is 5.75 Å². The second kappa shape index (κ2) is 7.68. The van der Waals surface area contributed by atoms with Crippen LogP contribution in [0.3, 0.4) is 0 Å². The molecule has 22 heavy (non-hydrogen) atoms. The summed E-state index contributed by atoms with van der Waals surface area (Å²) in [5.41, 5.74) is 1.50. The smallest absolute Gasteiger partial charge is 0.315 e. The lowest BCUT2D eigenvalue weighted by Crippen LogP contribution is -2.40. The maximum Gasteiger partial charge on any atom is 0.315 e. The van der Waals surface area contributed by atoms with Crippen molar-refractivity contribution in [1.82, 2.24) is 10.6 Å². The first-order valence-electron chi connectivity index (χ1n) is 7.57. The average molecular weight is 305 g/mol. The third-order valence-corrected chi connectivity index (χ3v) is 3.72. The highest BCUT2D eigenvalue weighted by molar-refractivity contribution is 5.90. The van der Waals surface area contributed by atoms with Crippen molar-refractivity contribution < 1.29 is 14.3 Å². The zero-order valence-electron chi connectivity index (χ0n) is 13.1. The molecule has 1 aliphatic rings. The summed E-state index contributed by atoms with van der Waals surface area (Å²) in [6, 6.07) is 5.59. The Morgan fingerprint density at radius 2 is 2.00 bits per heavy atom. The van der Waals surface area contributed by atoms with Gasteiger partial charge in [-0.05, 0) is 30.5 Å². The van der Waals surface area contributed by atoms with Crippen LogP contribution in [0.5, 0.6) is 5.75 Å². The van der Waals surface area contributed by atoms with Gasteiger partial charge in [0.2, 0.25) is 5.91 Å². The molecule has 0 saturated heterocycles. The Hall–Kier alpha value is -2.24. The molecule has 0 heterocycles. The van der Waals surface area contributed by atoms with Crippen LogP contribution in [0.1, 0.15) is 38.2 Å². The molecule has 0 aliphatic heterocycles. The van der Waals surface area contributed by atoms with Crippen molar-refractivity contribution in [2.75, 3.05) is 12.4 Å². The zero-order chi connectivity index (χ0) is 15.9. The molecule has 2 rings (SSSR count). The topological polar surface area (TPSA) is 79.5 Å². The van der Waals surface area contributed by atoms with Crippen molar-refractivity contribution in [3.63, 3.8) is 0 Å². The largest absolute Gasteiger partial charge is 0.495 e. The van der Waals surface area contributed by atoms with Crippen LogP contribution in [0.25, 0.3) is 0 Å². The Balaban J connectivity index is 1.91. The Morgan fingerprint density at radius 3 is 2.64 bits per heavy atom. The summed E-state index contributed by atoms with van der Waals surface area (Å²) >= 11 is 0. The first-order chi connectivity index (χ1) is 10.6. The second-order valence-electron chi connectivity index (χ2n) is 5.52. The van der Waals surface area contributed by atoms with Gasteiger partial charge < -0.3 is 20.7 Å². The van der Waals surface area contributed by atoms with Crippen LogP contribution in [0.4, 0.5) is 10.5 Å². The summed E-state index contributed by atoms with van der Waals surface area (Å²) in [6.07, 6.45) is 4.48. The number of benzene rings is 1. The molecule has 1 aliphatic carbocycles. The molecule has 1 aromatic rings. The molecule has 0 aromatic heterocycles. The minimum Gasteiger partial charge on any atom is -0.495 e. The molecule has 6 nitrogen and oxygen atoms in total. The number of urea groups is 1. The van der Waals surface area contributed by atoms with Gasteiger partial charge in [-0.2, -0.15) is 0 Å². The van der Waals surface area contributed by atoms with E-state index in [1.165, 1.54) is 19.8 Å². The molecular weight excluding hydrogens is 282 g/mol. The molecule has 0 unspecified atom stereocenters. The highest BCUT2D eigenvalue weighted by Crippen LogP contribution is 2.25. The first-order valence-corrected chi connectivity index (χ1v) is 7.57. The summed E-state index contributed by atoms with van der Waals surface area (Å²) in [5, 5.41) is 8.53. The van der Waals surface area contributed by atoms with Gasteiger partial charge in [-0.1, -0.05) is 18.9 Å². The number of amides is 3. The fraction of sp³-hybridized carbons (Fsp3) is 0.500. The minimum absolute atomic E-state index is 0.149. The summed E-state index contributed by atoms with van der Waals surface area (Å²) in [7, 11) is 1.55. The van der Waals surface area contributed by atoms with Gasteiger partial charge in [-0.25, -0.2) is 4.79 Å². The quantitative estimate of drug-likeness (QED) is 0.781. The monoisotopic (exact) mass is 305 g/mol. The zero-order valence-corrected chi connectivity index (χ0v) is 13.1. The van der Waals surface area contributed by atoms with Gasteiger partial charge >= 0.3 is 6.03 Å². The van der Waals surface area contributed by atoms with E-state index in [0.717, 1.165) is 18.4 Å². The van der Waals surface area contributed by atoms with Gasteiger partial charge in [-0.3, -0.25) is 4.79 Å². The van der Waals surface area contributed by atoms with E-state index < -0.39 is 0 Å². The molecule has 3 amide bonds. The number of methoxy groups -OCH3 is 1. The van der Waals surface area contributed by atoms with E-state index in [4.69, 9.17) is 4.74 Å². The lowest BCUT2D eigenvalue weighted by Gasteiger charge is -2.14. The van der Waals surface area contributed by atoms with Gasteiger partial charge in [-0.15, -0.1) is 0 Å². The highest BCUT2D eigenvalue weighted by Gasteiger charge is 2.16. The molecule has 0 spiro atoms. The Bertz CT molecular complexity index is 539. The molecule has 1 aromatic carbocycles. The van der Waals surface area contributed by atoms with Crippen molar-refractivity contribution in [2.45, 2.75) is 45.2 Å². The van der Waals surface area contributed by atoms with Gasteiger partial charge in [0.05, 0.1) is 12.8 Å². The lowest BCUT2D eigenvalue weighted by atomic mass is 10.2. The number of rotatable bonds is 5. The maximum absolute atomic E-state index is 11.8. The van der Waals surface area contributed by atoms with Crippen molar-refractivity contribution in [3.05, 3.63) is 23.8 Å². The molecule has 6 heteroatoms. The van der Waals surface area contributed by atoms with Crippen LogP contribution in [0, 0.1) is 0 Å². The standard InChI is InChI=1S/C16H23N3O3/c1-11(20)18-14-9-12(7-8-15(14)22-2)10-17-16(21)19-13-5-3-4-6-13/h7-9,13H,3-6,10H2,1-2H3,(H,18,20)(H2,17,19,21). The molecule has 1 fully saturated rings. The highest BCUT2D eigenvalue weighted by atomic mass is 16.5. The number of anilines is 1. The summed E-state index contributed by atoms with van der Waals surface area (Å²) < 4.78 is 5.20. The van der Waals surface area contributed by atoms with E-state index in [2.05, 4.69) is 16.0 Å². The van der Waals surface area contributed by atoms with Crippen molar-refractivity contribution in [2.24, 2.45) is 0 Å². The molecule has 120 valence electrons. The maximum atomic E-state index is 11.8. The van der Waals surface area contributed by atoms with E-state index in [0.29, 0.717) is 24.0 Å². The third kappa shape index (κ3) is 4.65. The van der Waals surface area contributed by atoms with Crippen LogP contribution < -0.4 is 20.7 Å². The fourth-order valence-electron chi connectivity index (χ4n) is 2.64. The summed E-state index contributed by atoms with van der Waals surface area (Å²) in [5.74, 6) is 0.428. The van der Waals surface area contributed by atoms with Crippen molar-refractivity contribution in [1.29, 1.82) is 0 Å². The van der Waals surface area contributed by atoms with E-state index in [1.807, 2.05) is 6.07 Å². The number of nitrogens with one attached hydrogen (secondary N) is 3. The number of hydrogen-bond acceptors (Lipinski definition) is 3. The lowest BCUT2D eigenvalue weighted by molar-refractivity contribution is -0.114. The van der Waals surface area contributed by atoms with Gasteiger partial charge in [0.15, 0.2) is 0 Å². The fourth-order valence-corrected chi connectivity index (χ4v) is 2.64. The molecule has 0 bridgehead atoms. The van der Waals surface area contributed by atoms with Crippen molar-refractivity contribution >= 4 is 17.6 Å². The third-order valence-electron chi connectivity index (χ3n) is 3.72. The second-order valence-corrected chi connectivity index (χ2v) is 5.52. The van der Waals surface area contributed by atoms with Crippen LogP contribution >= 0.6 is 0 Å². The predicted molar refractivity (Wildman–Crippen MR) is 84.9 cm³/mol. The normalized spacial score (nSPS) is 14.5. The van der Waals surface area contributed by atoms with E-state index in [9.17, 15) is 9.59 Å². The van der Waals surface area contributed by atoms with Crippen LogP contribution in [0.15, 0.2) is 18.2 Å². The summed E-state index contributed by atoms with van der Waals surface area (Å²) in [6.45, 7) is 1.84. The van der Waals surface area contributed by atoms with E-state index >= 15 is 0 Å². The van der Waals surface area contributed by atoms with Crippen LogP contribution in [-0.4, -0.2) is 25.1 Å². The molecule has 1 saturated carbocycles. The number of carbonyl (C=O) groups excluding carboxylic acids is 2. The first kappa shape index (κ1) is 16.1. The number of ether oxygens (including phenoxy) is 1. The average Bonchev–Trinajstić information content (AvgIpc) is 2.97. The number of hydrogen-bond donors (Lipinski definition) is 3. The Morgan fingerprint density at radius 1 is 1.27 bits per heavy atom. The molecule has 0 radical (unpaired) electrons. The Kier molecular flexibility index (Phi) is 5.63. The van der Waals surface area contributed by atoms with Crippen LogP contribution in [0.2, 0.25) is 0 Å². The van der Waals surface area contributed by atoms with Crippen LogP contribution in [-0.2, 0) is 11.3 Å². The molecular formula is C16H23N3O3. The molecule has 3 N–H and O–H groups in total. The SMILES string of the molecule is COc1ccc(CNC(=O)NC2CCCC2)cc1NC(C)=O. The van der Waals surface area contributed by atoms with E-state index in [1.54, 1.807) is 19.2 Å². The van der Waals surface area contributed by atoms with Gasteiger partial charge in [0.25, 0.3) is 0 Å². The molecule has 0 atom stereocenters. The van der Waals surface area contributed by atoms with E-state index in [-0.39, 0.29) is 11.9 Å². The van der Waals surface area contributed by atoms with Gasteiger partial charge in [0, 0.05) is 19.5 Å². The number of carbonyl (C=O) groups is 2. The summed E-state index contributed by atoms with van der Waals surface area (Å²) in [4.78, 5) is 23.0. The van der Waals surface area contributed by atoms with Crippen molar-refractivity contribution in [3.8, 4) is 5.75 Å². The predicted octanol–water partition coefficient (Wildman–Crippen LogP) is 2.40.